The number of hydrogen-bond donors (Lipinski definition) is 1. The van der Waals surface area contributed by atoms with Gasteiger partial charge in [-0.2, -0.15) is 0 Å². The van der Waals surface area contributed by atoms with Crippen LogP contribution in [0.3, 0.4) is 0 Å². The summed E-state index contributed by atoms with van der Waals surface area (Å²) < 4.78 is 0. The fourth-order valence-electron chi connectivity index (χ4n) is 3.12. The molecule has 1 fully saturated rings. The number of thiazole rings is 1. The summed E-state index contributed by atoms with van der Waals surface area (Å²) in [5.41, 5.74) is 0.374. The first-order valence-corrected chi connectivity index (χ1v) is 9.72. The van der Waals surface area contributed by atoms with Gasteiger partial charge in [0, 0.05) is 36.9 Å². The average Bonchev–Trinajstić information content (AvgIpc) is 2.91. The van der Waals surface area contributed by atoms with E-state index in [1.807, 2.05) is 0 Å². The Hall–Kier alpha value is -1.96. The molecule has 0 radical (unpaired) electrons. The number of carbonyl (C=O) groups excluding carboxylic acids is 2. The Morgan fingerprint density at radius 3 is 2.54 bits per heavy atom. The van der Waals surface area contributed by atoms with Crippen LogP contribution in [0.4, 0.5) is 0 Å². The van der Waals surface area contributed by atoms with Crippen molar-refractivity contribution in [3.63, 3.8) is 0 Å². The van der Waals surface area contributed by atoms with E-state index in [2.05, 4.69) is 25.8 Å². The van der Waals surface area contributed by atoms with Crippen molar-refractivity contribution < 1.29 is 19.5 Å². The Kier molecular flexibility index (Phi) is 6.39. The van der Waals surface area contributed by atoms with E-state index in [9.17, 15) is 14.4 Å². The van der Waals surface area contributed by atoms with Crippen LogP contribution < -0.4 is 0 Å². The zero-order valence-electron chi connectivity index (χ0n) is 15.8. The Labute approximate surface area is 158 Å². The van der Waals surface area contributed by atoms with Gasteiger partial charge in [-0.1, -0.05) is 20.8 Å². The molecule has 7 nitrogen and oxygen atoms in total. The lowest BCUT2D eigenvalue weighted by Crippen LogP contribution is -2.43. The molecule has 144 valence electrons. The molecule has 2 rings (SSSR count). The topological polar surface area (TPSA) is 90.8 Å². The highest BCUT2D eigenvalue weighted by molar-refractivity contribution is 7.10. The second-order valence-electron chi connectivity index (χ2n) is 7.71. The highest BCUT2D eigenvalue weighted by Crippen LogP contribution is 2.26. The zero-order chi connectivity index (χ0) is 19.5. The number of likely N-dealkylation sites (tertiary alicyclic amines) is 1. The number of carbonyl (C=O) groups is 3. The third-order valence-corrected chi connectivity index (χ3v) is 5.77. The van der Waals surface area contributed by atoms with Crippen molar-refractivity contribution in [1.82, 2.24) is 14.8 Å². The number of aromatic nitrogens is 1. The molecule has 0 spiro atoms. The maximum Gasteiger partial charge on any atom is 0.323 e. The van der Waals surface area contributed by atoms with Crippen LogP contribution in [0.5, 0.6) is 0 Å². The summed E-state index contributed by atoms with van der Waals surface area (Å²) in [5, 5.41) is 11.8. The van der Waals surface area contributed by atoms with Crippen LogP contribution in [0.25, 0.3) is 0 Å². The number of carboxylic acid groups (broad SMARTS) is 1. The van der Waals surface area contributed by atoms with Gasteiger partial charge in [0.15, 0.2) is 0 Å². The van der Waals surface area contributed by atoms with Gasteiger partial charge >= 0.3 is 5.97 Å². The van der Waals surface area contributed by atoms with Gasteiger partial charge in [-0.15, -0.1) is 11.3 Å². The quantitative estimate of drug-likeness (QED) is 0.865. The molecule has 2 heterocycles. The fourth-order valence-corrected chi connectivity index (χ4v) is 4.00. The van der Waals surface area contributed by atoms with E-state index >= 15 is 0 Å². The zero-order valence-corrected chi connectivity index (χ0v) is 16.6. The Balaban J connectivity index is 2.05. The number of carboxylic acids is 1. The number of rotatable bonds is 4. The fraction of sp³-hybridized carbons (Fsp3) is 0.667. The number of aliphatic carboxylic acids is 1. The largest absolute Gasteiger partial charge is 0.480 e. The van der Waals surface area contributed by atoms with E-state index in [-0.39, 0.29) is 29.8 Å². The molecule has 2 amide bonds. The molecule has 1 aliphatic heterocycles. The third kappa shape index (κ3) is 5.03. The monoisotopic (exact) mass is 381 g/mol. The standard InChI is InChI=1S/C18H27N3O4S/c1-12(22)21(10-15(23)24)13-6-5-8-20(9-7-13)16(25)14-11-26-17(19-14)18(2,3)4/h11,13H,5-10H2,1-4H3,(H,23,24). The van der Waals surface area contributed by atoms with Gasteiger partial charge in [-0.05, 0) is 19.3 Å². The van der Waals surface area contributed by atoms with Crippen LogP contribution in [0.15, 0.2) is 5.38 Å². The molecule has 8 heteroatoms. The van der Waals surface area contributed by atoms with Gasteiger partial charge in [0.25, 0.3) is 5.91 Å². The smallest absolute Gasteiger partial charge is 0.323 e. The van der Waals surface area contributed by atoms with E-state index in [0.717, 1.165) is 11.4 Å². The van der Waals surface area contributed by atoms with Crippen molar-refractivity contribution in [1.29, 1.82) is 0 Å². The molecule has 0 aliphatic carbocycles. The molecule has 1 N–H and O–H groups in total. The SMILES string of the molecule is CC(=O)N(CC(=O)O)C1CCCN(C(=O)c2csc(C(C)(C)C)n2)CC1. The van der Waals surface area contributed by atoms with Crippen LogP contribution in [-0.4, -0.2) is 63.4 Å². The van der Waals surface area contributed by atoms with Gasteiger partial charge in [-0.3, -0.25) is 14.4 Å². The van der Waals surface area contributed by atoms with E-state index in [4.69, 9.17) is 5.11 Å². The minimum absolute atomic E-state index is 0.0914. The van der Waals surface area contributed by atoms with Crippen LogP contribution in [0.2, 0.25) is 0 Å². The van der Waals surface area contributed by atoms with Crippen molar-refractivity contribution in [3.8, 4) is 0 Å². The lowest BCUT2D eigenvalue weighted by atomic mass is 9.98. The summed E-state index contributed by atoms with van der Waals surface area (Å²) in [4.78, 5) is 43.3. The molecular weight excluding hydrogens is 354 g/mol. The van der Waals surface area contributed by atoms with Crippen molar-refractivity contribution in [2.75, 3.05) is 19.6 Å². The van der Waals surface area contributed by atoms with Gasteiger partial charge in [-0.25, -0.2) is 4.98 Å². The lowest BCUT2D eigenvalue weighted by molar-refractivity contribution is -0.145. The molecule has 1 unspecified atom stereocenters. The van der Waals surface area contributed by atoms with Gasteiger partial charge in [0.05, 0.1) is 5.01 Å². The van der Waals surface area contributed by atoms with Crippen molar-refractivity contribution in [3.05, 3.63) is 16.1 Å². The first-order chi connectivity index (χ1) is 12.1. The Morgan fingerprint density at radius 2 is 2.00 bits per heavy atom. The summed E-state index contributed by atoms with van der Waals surface area (Å²) in [6.07, 6.45) is 2.01. The second-order valence-corrected chi connectivity index (χ2v) is 8.56. The van der Waals surface area contributed by atoms with Gasteiger partial charge in [0.1, 0.15) is 12.2 Å². The van der Waals surface area contributed by atoms with Crippen LogP contribution in [0.1, 0.15) is 62.5 Å². The average molecular weight is 381 g/mol. The van der Waals surface area contributed by atoms with Crippen molar-refractivity contribution in [2.45, 2.75) is 58.4 Å². The summed E-state index contributed by atoms with van der Waals surface area (Å²) in [5.74, 6) is -1.36. The highest BCUT2D eigenvalue weighted by atomic mass is 32.1. The summed E-state index contributed by atoms with van der Waals surface area (Å²) in [6, 6.07) is -0.151. The van der Waals surface area contributed by atoms with Gasteiger partial charge < -0.3 is 14.9 Å². The van der Waals surface area contributed by atoms with Crippen LogP contribution >= 0.6 is 11.3 Å². The molecule has 1 atom stereocenters. The molecule has 1 aromatic rings. The normalized spacial score (nSPS) is 18.3. The molecule has 0 aromatic carbocycles. The molecule has 26 heavy (non-hydrogen) atoms. The Morgan fingerprint density at radius 1 is 1.31 bits per heavy atom. The first-order valence-electron chi connectivity index (χ1n) is 8.84. The predicted molar refractivity (Wildman–Crippen MR) is 99.4 cm³/mol. The third-order valence-electron chi connectivity index (χ3n) is 4.50. The van der Waals surface area contributed by atoms with Crippen LogP contribution in [-0.2, 0) is 15.0 Å². The van der Waals surface area contributed by atoms with Gasteiger partial charge in [0.2, 0.25) is 5.91 Å². The molecule has 0 saturated carbocycles. The van der Waals surface area contributed by atoms with Crippen LogP contribution in [0, 0.1) is 0 Å². The molecular formula is C18H27N3O4S. The van der Waals surface area contributed by atoms with E-state index in [1.54, 1.807) is 10.3 Å². The summed E-state index contributed by atoms with van der Waals surface area (Å²) in [7, 11) is 0. The second kappa shape index (κ2) is 8.16. The molecule has 1 aromatic heterocycles. The van der Waals surface area contributed by atoms with E-state index < -0.39 is 5.97 Å². The minimum Gasteiger partial charge on any atom is -0.480 e. The summed E-state index contributed by atoms with van der Waals surface area (Å²) in [6.45, 7) is 8.38. The van der Waals surface area contributed by atoms with Crippen molar-refractivity contribution in [2.24, 2.45) is 0 Å². The maximum atomic E-state index is 12.8. The molecule has 0 bridgehead atoms. The highest BCUT2D eigenvalue weighted by Gasteiger charge is 2.29. The van der Waals surface area contributed by atoms with E-state index in [0.29, 0.717) is 31.6 Å². The first kappa shape index (κ1) is 20.4. The molecule has 1 saturated heterocycles. The van der Waals surface area contributed by atoms with E-state index in [1.165, 1.54) is 23.2 Å². The van der Waals surface area contributed by atoms with Crippen molar-refractivity contribution >= 4 is 29.1 Å². The number of hydrogen-bond acceptors (Lipinski definition) is 5. The molecule has 1 aliphatic rings. The minimum atomic E-state index is -1.02. The summed E-state index contributed by atoms with van der Waals surface area (Å²) >= 11 is 1.49. The number of nitrogens with zero attached hydrogens (tertiary/aromatic N) is 3. The predicted octanol–water partition coefficient (Wildman–Crippen LogP) is 2.37. The Bertz CT molecular complexity index is 680. The number of amides is 2. The maximum absolute atomic E-state index is 12.8. The lowest BCUT2D eigenvalue weighted by Gasteiger charge is -2.28.